The van der Waals surface area contributed by atoms with Gasteiger partial charge < -0.3 is 20.5 Å². The summed E-state index contributed by atoms with van der Waals surface area (Å²) >= 11 is 0. The Morgan fingerprint density at radius 2 is 1.79 bits per heavy atom. The van der Waals surface area contributed by atoms with Crippen molar-refractivity contribution in [2.45, 2.75) is 39.2 Å². The summed E-state index contributed by atoms with van der Waals surface area (Å²) in [6, 6.07) is 20.3. The number of anilines is 1. The van der Waals surface area contributed by atoms with E-state index in [0.29, 0.717) is 11.3 Å². The molecule has 6 nitrogen and oxygen atoms in total. The Kier molecular flexibility index (Phi) is 7.16. The van der Waals surface area contributed by atoms with Crippen LogP contribution in [0.15, 0.2) is 66.7 Å². The molecule has 1 atom stereocenters. The number of hydrogen-bond acceptors (Lipinski definition) is 4. The predicted molar refractivity (Wildman–Crippen MR) is 132 cm³/mol. The average Bonchev–Trinajstić information content (AvgIpc) is 3.64. The van der Waals surface area contributed by atoms with Crippen molar-refractivity contribution in [1.82, 2.24) is 5.32 Å². The van der Waals surface area contributed by atoms with Gasteiger partial charge in [0.1, 0.15) is 11.5 Å². The number of carbonyl (C=O) groups is 2. The standard InChI is InChI=1S/C28H30N2O4/c1-18(29-19(2)31)24-12-13-26(27(32)16-24)30-28(33)23-10-8-20(9-11-23)14-22-4-3-5-25(15-22)34-17-21-6-7-21/h3-5,8-13,15-16,18,21,32H,6-7,14,17H2,1-2H3,(H,29,31)(H,30,33). The highest BCUT2D eigenvalue weighted by Crippen LogP contribution is 2.30. The molecule has 0 bridgehead atoms. The van der Waals surface area contributed by atoms with Crippen LogP contribution >= 0.6 is 0 Å². The molecule has 1 unspecified atom stereocenters. The number of rotatable bonds is 9. The van der Waals surface area contributed by atoms with Gasteiger partial charge in [0.25, 0.3) is 5.91 Å². The first-order valence-corrected chi connectivity index (χ1v) is 11.6. The van der Waals surface area contributed by atoms with Gasteiger partial charge in [0, 0.05) is 12.5 Å². The number of phenolic OH excluding ortho intramolecular Hbond substituents is 1. The minimum atomic E-state index is -0.306. The summed E-state index contributed by atoms with van der Waals surface area (Å²) in [6.45, 7) is 4.06. The Labute approximate surface area is 200 Å². The van der Waals surface area contributed by atoms with E-state index in [-0.39, 0.29) is 23.6 Å². The summed E-state index contributed by atoms with van der Waals surface area (Å²) < 4.78 is 5.87. The third kappa shape index (κ3) is 6.38. The second-order valence-corrected chi connectivity index (χ2v) is 8.93. The van der Waals surface area contributed by atoms with Crippen molar-refractivity contribution in [3.63, 3.8) is 0 Å². The van der Waals surface area contributed by atoms with Crippen LogP contribution in [-0.4, -0.2) is 23.5 Å². The lowest BCUT2D eigenvalue weighted by atomic mass is 10.0. The lowest BCUT2D eigenvalue weighted by Crippen LogP contribution is -2.23. The predicted octanol–water partition coefficient (Wildman–Crippen LogP) is 5.22. The van der Waals surface area contributed by atoms with Crippen LogP contribution in [0.25, 0.3) is 0 Å². The third-order valence-corrected chi connectivity index (χ3v) is 5.90. The van der Waals surface area contributed by atoms with Crippen LogP contribution in [0.1, 0.15) is 59.8 Å². The van der Waals surface area contributed by atoms with E-state index in [2.05, 4.69) is 22.8 Å². The first-order chi connectivity index (χ1) is 16.4. The Morgan fingerprint density at radius 3 is 2.47 bits per heavy atom. The molecule has 34 heavy (non-hydrogen) atoms. The van der Waals surface area contributed by atoms with E-state index >= 15 is 0 Å². The lowest BCUT2D eigenvalue weighted by molar-refractivity contribution is -0.119. The maximum absolute atomic E-state index is 12.7. The van der Waals surface area contributed by atoms with Gasteiger partial charge in [0.2, 0.25) is 5.91 Å². The number of phenols is 1. The molecule has 3 N–H and O–H groups in total. The van der Waals surface area contributed by atoms with Gasteiger partial charge in [-0.15, -0.1) is 0 Å². The molecule has 0 saturated heterocycles. The first kappa shape index (κ1) is 23.4. The van der Waals surface area contributed by atoms with E-state index in [1.807, 2.05) is 31.2 Å². The van der Waals surface area contributed by atoms with Crippen molar-refractivity contribution in [2.75, 3.05) is 11.9 Å². The molecule has 0 aromatic heterocycles. The minimum absolute atomic E-state index is 0.0524. The van der Waals surface area contributed by atoms with Crippen LogP contribution in [0.3, 0.4) is 0 Å². The second-order valence-electron chi connectivity index (χ2n) is 8.93. The Hall–Kier alpha value is -3.80. The van der Waals surface area contributed by atoms with Crippen LogP contribution in [0.5, 0.6) is 11.5 Å². The minimum Gasteiger partial charge on any atom is -0.506 e. The molecule has 1 saturated carbocycles. The Morgan fingerprint density at radius 1 is 1.03 bits per heavy atom. The van der Waals surface area contributed by atoms with Crippen LogP contribution in [-0.2, 0) is 11.2 Å². The fourth-order valence-electron chi connectivity index (χ4n) is 3.76. The highest BCUT2D eigenvalue weighted by atomic mass is 16.5. The fraction of sp³-hybridized carbons (Fsp3) is 0.286. The van der Waals surface area contributed by atoms with Crippen molar-refractivity contribution >= 4 is 17.5 Å². The smallest absolute Gasteiger partial charge is 0.255 e. The molecular weight excluding hydrogens is 428 g/mol. The van der Waals surface area contributed by atoms with Crippen molar-refractivity contribution < 1.29 is 19.4 Å². The van der Waals surface area contributed by atoms with Crippen LogP contribution in [0.4, 0.5) is 5.69 Å². The van der Waals surface area contributed by atoms with Crippen molar-refractivity contribution in [3.05, 3.63) is 89.0 Å². The third-order valence-electron chi connectivity index (χ3n) is 5.90. The molecule has 4 rings (SSSR count). The number of hydrogen-bond donors (Lipinski definition) is 3. The second kappa shape index (κ2) is 10.4. The first-order valence-electron chi connectivity index (χ1n) is 11.6. The normalized spacial score (nSPS) is 13.7. The summed E-state index contributed by atoms with van der Waals surface area (Å²) in [5, 5.41) is 15.8. The molecule has 0 aliphatic heterocycles. The molecule has 0 spiro atoms. The molecule has 3 aromatic rings. The number of nitrogens with one attached hydrogen (secondary N) is 2. The van der Waals surface area contributed by atoms with Crippen LogP contribution in [0.2, 0.25) is 0 Å². The summed E-state index contributed by atoms with van der Waals surface area (Å²) in [6.07, 6.45) is 3.28. The molecule has 1 fully saturated rings. The topological polar surface area (TPSA) is 87.7 Å². The molecule has 1 aliphatic rings. The molecule has 1 aliphatic carbocycles. The van der Waals surface area contributed by atoms with E-state index in [1.165, 1.54) is 19.8 Å². The number of benzene rings is 3. The van der Waals surface area contributed by atoms with Gasteiger partial charge in [0.15, 0.2) is 0 Å². The van der Waals surface area contributed by atoms with Gasteiger partial charge in [0.05, 0.1) is 18.3 Å². The summed E-state index contributed by atoms with van der Waals surface area (Å²) in [5.41, 5.74) is 3.81. The molecule has 0 radical (unpaired) electrons. The molecule has 3 aromatic carbocycles. The van der Waals surface area contributed by atoms with Crippen LogP contribution < -0.4 is 15.4 Å². The van der Waals surface area contributed by atoms with E-state index in [0.717, 1.165) is 41.4 Å². The van der Waals surface area contributed by atoms with Gasteiger partial charge in [-0.05, 0) is 85.2 Å². The quantitative estimate of drug-likeness (QED) is 0.384. The molecule has 6 heteroatoms. The van der Waals surface area contributed by atoms with Gasteiger partial charge >= 0.3 is 0 Å². The lowest BCUT2D eigenvalue weighted by Gasteiger charge is -2.15. The van der Waals surface area contributed by atoms with E-state index in [9.17, 15) is 14.7 Å². The fourth-order valence-corrected chi connectivity index (χ4v) is 3.76. The number of ether oxygens (including phenoxy) is 1. The molecular formula is C28H30N2O4. The zero-order chi connectivity index (χ0) is 24.1. The molecule has 0 heterocycles. The highest BCUT2D eigenvalue weighted by Gasteiger charge is 2.21. The van der Waals surface area contributed by atoms with Crippen LogP contribution in [0, 0.1) is 5.92 Å². The van der Waals surface area contributed by atoms with Gasteiger partial charge in [-0.25, -0.2) is 0 Å². The summed E-state index contributed by atoms with van der Waals surface area (Å²) in [4.78, 5) is 23.9. The van der Waals surface area contributed by atoms with Gasteiger partial charge in [-0.3, -0.25) is 9.59 Å². The van der Waals surface area contributed by atoms with E-state index in [4.69, 9.17) is 4.74 Å². The molecule has 2 amide bonds. The maximum atomic E-state index is 12.7. The van der Waals surface area contributed by atoms with Crippen molar-refractivity contribution in [2.24, 2.45) is 5.92 Å². The highest BCUT2D eigenvalue weighted by molar-refractivity contribution is 6.05. The van der Waals surface area contributed by atoms with Gasteiger partial charge in [-0.2, -0.15) is 0 Å². The monoisotopic (exact) mass is 458 g/mol. The number of aromatic hydroxyl groups is 1. The summed E-state index contributed by atoms with van der Waals surface area (Å²) in [5.74, 6) is 1.11. The van der Waals surface area contributed by atoms with Gasteiger partial charge in [-0.1, -0.05) is 30.3 Å². The summed E-state index contributed by atoms with van der Waals surface area (Å²) in [7, 11) is 0. The number of carbonyl (C=O) groups excluding carboxylic acids is 2. The zero-order valence-corrected chi connectivity index (χ0v) is 19.5. The average molecular weight is 459 g/mol. The maximum Gasteiger partial charge on any atom is 0.255 e. The zero-order valence-electron chi connectivity index (χ0n) is 19.5. The Bertz CT molecular complexity index is 1170. The SMILES string of the molecule is CC(=O)NC(C)c1ccc(NC(=O)c2ccc(Cc3cccc(OCC4CC4)c3)cc2)c(O)c1. The van der Waals surface area contributed by atoms with E-state index < -0.39 is 0 Å². The van der Waals surface area contributed by atoms with Crippen molar-refractivity contribution in [3.8, 4) is 11.5 Å². The largest absolute Gasteiger partial charge is 0.506 e. The number of amides is 2. The Balaban J connectivity index is 1.36. The van der Waals surface area contributed by atoms with Crippen molar-refractivity contribution in [1.29, 1.82) is 0 Å². The van der Waals surface area contributed by atoms with E-state index in [1.54, 1.807) is 30.3 Å². The molecule has 176 valence electrons.